The fourth-order valence-corrected chi connectivity index (χ4v) is 0.463. The maximum atomic E-state index is 9.32. The van der Waals surface area contributed by atoms with Crippen LogP contribution in [0.5, 0.6) is 0 Å². The molecule has 0 fully saturated rings. The van der Waals surface area contributed by atoms with Crippen LogP contribution in [-0.4, -0.2) is 29.6 Å². The van der Waals surface area contributed by atoms with Crippen molar-refractivity contribution >= 4 is 29.6 Å². The Morgan fingerprint density at radius 3 is 1.86 bits per heavy atom. The molecule has 0 N–H and O–H groups in total. The standard InChI is InChI=1S/Na.4O.2V.H. The normalized spacial score (nSPS) is 6.29. The summed E-state index contributed by atoms with van der Waals surface area (Å²) in [6.07, 6.45) is 0. The van der Waals surface area contributed by atoms with Gasteiger partial charge in [0.2, 0.25) is 0 Å². The zero-order valence-electron chi connectivity index (χ0n) is 2.53. The molecule has 0 aliphatic rings. The van der Waals surface area contributed by atoms with Gasteiger partial charge in [0, 0.05) is 0 Å². The summed E-state index contributed by atoms with van der Waals surface area (Å²) in [5, 5.41) is 0. The quantitative estimate of drug-likeness (QED) is 0.519. The van der Waals surface area contributed by atoms with Gasteiger partial charge in [0.25, 0.3) is 0 Å². The summed E-state index contributed by atoms with van der Waals surface area (Å²) in [6, 6.07) is 0. The molecule has 0 aliphatic heterocycles. The second kappa shape index (κ2) is 7.53. The Bertz CT molecular complexity index is 96.3. The molecule has 0 rings (SSSR count). The first-order valence-electron chi connectivity index (χ1n) is 0.913. The molecular formula is HNaO4V2. The van der Waals surface area contributed by atoms with Crippen LogP contribution < -0.4 is 0 Å². The third-order valence-corrected chi connectivity index (χ3v) is 1.70. The van der Waals surface area contributed by atoms with Gasteiger partial charge in [-0.25, -0.2) is 0 Å². The molecule has 0 heterocycles. The van der Waals surface area contributed by atoms with E-state index in [1.54, 1.807) is 0 Å². The van der Waals surface area contributed by atoms with E-state index in [1.165, 1.54) is 0 Å². The molecule has 0 saturated carbocycles. The molecule has 0 spiro atoms. The first kappa shape index (κ1) is 11.3. The summed E-state index contributed by atoms with van der Waals surface area (Å²) in [4.78, 5) is 0. The summed E-state index contributed by atoms with van der Waals surface area (Å²) in [7, 11) is 0. The number of rotatable bonds is 2. The van der Waals surface area contributed by atoms with Gasteiger partial charge in [0.05, 0.1) is 0 Å². The molecule has 0 aromatic heterocycles. The zero-order valence-corrected chi connectivity index (χ0v) is 5.32. The van der Waals surface area contributed by atoms with E-state index in [9.17, 15) is 11.0 Å². The molecule has 0 saturated heterocycles. The van der Waals surface area contributed by atoms with Crippen molar-refractivity contribution in [1.29, 1.82) is 0 Å². The molecule has 7 heteroatoms. The van der Waals surface area contributed by atoms with E-state index in [0.29, 0.717) is 0 Å². The maximum absolute atomic E-state index is 9.32. The fraction of sp³-hybridized carbons (Fsp3) is 0. The van der Waals surface area contributed by atoms with E-state index in [2.05, 4.69) is 2.59 Å². The number of hydrogen-bond acceptors (Lipinski definition) is 4. The van der Waals surface area contributed by atoms with Gasteiger partial charge in [-0.05, 0) is 0 Å². The summed E-state index contributed by atoms with van der Waals surface area (Å²) >= 11 is -5.12. The van der Waals surface area contributed by atoms with E-state index in [0.717, 1.165) is 0 Å². The molecule has 4 nitrogen and oxygen atoms in total. The summed E-state index contributed by atoms with van der Waals surface area (Å²) in [6.45, 7) is 0. The minimum absolute atomic E-state index is 0. The van der Waals surface area contributed by atoms with Crippen LogP contribution in [0.1, 0.15) is 0 Å². The second-order valence-corrected chi connectivity index (χ2v) is 2.62. The Kier molecular flexibility index (Phi) is 12.2. The van der Waals surface area contributed by atoms with Gasteiger partial charge in [0.1, 0.15) is 0 Å². The SMILES string of the molecule is [NaH].[O]=[V][O][V](=[O])=[O]. The van der Waals surface area contributed by atoms with Gasteiger partial charge in [-0.15, -0.1) is 0 Å². The van der Waals surface area contributed by atoms with Gasteiger partial charge in [-0.3, -0.25) is 0 Å². The Balaban J connectivity index is 0. The van der Waals surface area contributed by atoms with Crippen molar-refractivity contribution in [2.45, 2.75) is 0 Å². The van der Waals surface area contributed by atoms with Crippen molar-refractivity contribution in [3.63, 3.8) is 0 Å². The van der Waals surface area contributed by atoms with E-state index in [4.69, 9.17) is 0 Å². The van der Waals surface area contributed by atoms with E-state index in [-0.39, 0.29) is 29.6 Å². The van der Waals surface area contributed by atoms with Crippen molar-refractivity contribution in [2.24, 2.45) is 0 Å². The van der Waals surface area contributed by atoms with E-state index < -0.39 is 32.0 Å². The molecule has 36 valence electrons. The zero-order chi connectivity index (χ0) is 4.99. The van der Waals surface area contributed by atoms with Crippen LogP contribution in [0.2, 0.25) is 0 Å². The van der Waals surface area contributed by atoms with E-state index in [1.807, 2.05) is 0 Å². The third kappa shape index (κ3) is 11.2. The van der Waals surface area contributed by atoms with Gasteiger partial charge >= 0.3 is 75.2 Å². The van der Waals surface area contributed by atoms with Crippen molar-refractivity contribution in [2.75, 3.05) is 0 Å². The van der Waals surface area contributed by atoms with Gasteiger partial charge in [0.15, 0.2) is 0 Å². The van der Waals surface area contributed by atoms with Crippen LogP contribution in [0.4, 0.5) is 0 Å². The first-order chi connectivity index (χ1) is 2.77. The molecular weight excluding hydrogens is 189 g/mol. The van der Waals surface area contributed by atoms with E-state index >= 15 is 0 Å². The average Bonchev–Trinajstić information content (AvgIpc) is 1.35. The fourth-order valence-electron chi connectivity index (χ4n) is 0.0272. The van der Waals surface area contributed by atoms with Gasteiger partial charge < -0.3 is 0 Å². The molecule has 0 unspecified atom stereocenters. The van der Waals surface area contributed by atoms with Crippen LogP contribution in [0.25, 0.3) is 0 Å². The first-order valence-corrected chi connectivity index (χ1v) is 3.76. The average molecular weight is 190 g/mol. The molecule has 0 aliphatic carbocycles. The van der Waals surface area contributed by atoms with Crippen LogP contribution in [0.3, 0.4) is 0 Å². The van der Waals surface area contributed by atoms with Crippen molar-refractivity contribution in [3.8, 4) is 0 Å². The van der Waals surface area contributed by atoms with Gasteiger partial charge in [-0.1, -0.05) is 0 Å². The van der Waals surface area contributed by atoms with Crippen LogP contribution in [0.15, 0.2) is 0 Å². The van der Waals surface area contributed by atoms with Crippen LogP contribution in [-0.2, 0) is 45.6 Å². The molecule has 0 bridgehead atoms. The Morgan fingerprint density at radius 2 is 1.86 bits per heavy atom. The Morgan fingerprint density at radius 1 is 1.43 bits per heavy atom. The Labute approximate surface area is 74.3 Å². The molecule has 0 amide bonds. The van der Waals surface area contributed by atoms with Crippen molar-refractivity contribution in [1.82, 2.24) is 0 Å². The predicted molar refractivity (Wildman–Crippen MR) is 10.3 cm³/mol. The van der Waals surface area contributed by atoms with Crippen molar-refractivity contribution in [3.05, 3.63) is 0 Å². The molecule has 0 atom stereocenters. The Hall–Kier alpha value is 1.53. The van der Waals surface area contributed by atoms with Gasteiger partial charge in [-0.2, -0.15) is 0 Å². The molecule has 0 aromatic carbocycles. The van der Waals surface area contributed by atoms with Crippen LogP contribution >= 0.6 is 0 Å². The number of hydrogen-bond donors (Lipinski definition) is 0. The second-order valence-electron chi connectivity index (χ2n) is 0.380. The predicted octanol–water partition coefficient (Wildman–Crippen LogP) is -1.08. The minimum atomic E-state index is -3.49. The molecule has 0 radical (unpaired) electrons. The van der Waals surface area contributed by atoms with Crippen molar-refractivity contribution < 1.29 is 45.6 Å². The molecule has 7 heavy (non-hydrogen) atoms. The summed E-state index contributed by atoms with van der Waals surface area (Å²) in [5.41, 5.74) is 0. The topological polar surface area (TPSA) is 60.4 Å². The summed E-state index contributed by atoms with van der Waals surface area (Å²) in [5.74, 6) is 0. The third-order valence-electron chi connectivity index (χ3n) is 0.100. The molecule has 0 aromatic rings. The summed E-state index contributed by atoms with van der Waals surface area (Å²) < 4.78 is 31.5. The monoisotopic (exact) mass is 190 g/mol. The van der Waals surface area contributed by atoms with Crippen LogP contribution in [0, 0.1) is 0 Å².